The Kier molecular flexibility index (Phi) is 3.95. The average molecular weight is 184 g/mol. The molecule has 3 heteroatoms. The highest BCUT2D eigenvalue weighted by Gasteiger charge is 2.21. The van der Waals surface area contributed by atoms with Crippen LogP contribution in [-0.4, -0.2) is 27.1 Å². The van der Waals surface area contributed by atoms with Gasteiger partial charge in [-0.25, -0.2) is 0 Å². The maximum Gasteiger partial charge on any atom is 0.0413 e. The van der Waals surface area contributed by atoms with Crippen LogP contribution in [0.25, 0.3) is 0 Å². The van der Waals surface area contributed by atoms with Crippen molar-refractivity contribution < 1.29 is 0 Å². The zero-order chi connectivity index (χ0) is 7.40. The van der Waals surface area contributed by atoms with Crippen molar-refractivity contribution in [2.24, 2.45) is 0 Å². The highest BCUT2D eigenvalue weighted by molar-refractivity contribution is 6.90. The van der Waals surface area contributed by atoms with E-state index >= 15 is 0 Å². The van der Waals surface area contributed by atoms with Gasteiger partial charge in [-0.15, -0.1) is 0 Å². The van der Waals surface area contributed by atoms with Gasteiger partial charge in [-0.05, 0) is 0 Å². The van der Waals surface area contributed by atoms with E-state index < -0.39 is 0 Å². The van der Waals surface area contributed by atoms with Gasteiger partial charge in [-0.2, -0.15) is 0 Å². The maximum absolute atomic E-state index is 2.40. The van der Waals surface area contributed by atoms with Gasteiger partial charge in [-0.3, -0.25) is 0 Å². The Morgan fingerprint density at radius 1 is 1.10 bits per heavy atom. The second-order valence-electron chi connectivity index (χ2n) is 2.99. The normalized spacial score (nSPS) is 23.4. The molecule has 0 aromatic heterocycles. The molecule has 0 unspecified atom stereocenters. The molecule has 0 spiro atoms. The lowest BCUT2D eigenvalue weighted by Gasteiger charge is -2.24. The van der Waals surface area contributed by atoms with Crippen LogP contribution in [0.3, 0.4) is 0 Å². The van der Waals surface area contributed by atoms with Crippen LogP contribution >= 0.6 is 0 Å². The largest absolute Gasteiger partial charge is 0.0680 e. The van der Waals surface area contributed by atoms with E-state index in [-0.39, 0.29) is 17.6 Å². The van der Waals surface area contributed by atoms with Crippen molar-refractivity contribution in [1.29, 1.82) is 0 Å². The summed E-state index contributed by atoms with van der Waals surface area (Å²) in [4.78, 5) is 0. The summed E-state index contributed by atoms with van der Waals surface area (Å²) in [5.74, 6) is 0. The van der Waals surface area contributed by atoms with E-state index in [4.69, 9.17) is 0 Å². The second-order valence-corrected chi connectivity index (χ2v) is 12.1. The predicted molar refractivity (Wildman–Crippen MR) is 52.6 cm³/mol. The average Bonchev–Trinajstić information content (AvgIpc) is 2.05. The first-order valence-electron chi connectivity index (χ1n) is 4.24. The minimum absolute atomic E-state index is 0.210. The van der Waals surface area contributed by atoms with E-state index in [1.807, 2.05) is 0 Å². The van der Waals surface area contributed by atoms with Gasteiger partial charge in [0, 0.05) is 27.1 Å². The Morgan fingerprint density at radius 2 is 1.60 bits per heavy atom. The molecule has 0 saturated carbocycles. The topological polar surface area (TPSA) is 0 Å². The molecule has 1 fully saturated rings. The van der Waals surface area contributed by atoms with Crippen molar-refractivity contribution in [3.8, 4) is 0 Å². The molecule has 4 radical (unpaired) electrons. The summed E-state index contributed by atoms with van der Waals surface area (Å²) in [5, 5.41) is 0. The van der Waals surface area contributed by atoms with Gasteiger partial charge in [0.05, 0.1) is 0 Å². The molecule has 0 amide bonds. The van der Waals surface area contributed by atoms with Crippen LogP contribution in [0.5, 0.6) is 0 Å². The van der Waals surface area contributed by atoms with Gasteiger partial charge < -0.3 is 0 Å². The first kappa shape index (κ1) is 8.74. The van der Waals surface area contributed by atoms with E-state index in [0.29, 0.717) is 0 Å². The van der Waals surface area contributed by atoms with Gasteiger partial charge in [0.25, 0.3) is 0 Å². The maximum atomic E-state index is 2.40. The summed E-state index contributed by atoms with van der Waals surface area (Å²) in [6.07, 6.45) is 0. The van der Waals surface area contributed by atoms with Crippen molar-refractivity contribution in [3.63, 3.8) is 0 Å². The third-order valence-corrected chi connectivity index (χ3v) is 14.2. The number of rotatable bonds is 2. The summed E-state index contributed by atoms with van der Waals surface area (Å²) >= 11 is 0. The Hall–Kier alpha value is 0.651. The van der Waals surface area contributed by atoms with Crippen molar-refractivity contribution in [2.45, 2.75) is 42.9 Å². The highest BCUT2D eigenvalue weighted by atomic mass is 28.4. The lowest BCUT2D eigenvalue weighted by Crippen LogP contribution is -2.31. The summed E-state index contributed by atoms with van der Waals surface area (Å²) < 4.78 is 0. The van der Waals surface area contributed by atoms with Gasteiger partial charge in [0.1, 0.15) is 0 Å². The van der Waals surface area contributed by atoms with Gasteiger partial charge in [0.15, 0.2) is 0 Å². The van der Waals surface area contributed by atoms with Crippen LogP contribution in [0.1, 0.15) is 13.8 Å². The molecule has 1 aliphatic rings. The summed E-state index contributed by atoms with van der Waals surface area (Å²) in [5.41, 5.74) is 5.06. The Labute approximate surface area is 70.5 Å². The zero-order valence-electron chi connectivity index (χ0n) is 7.04. The fourth-order valence-corrected chi connectivity index (χ4v) is 15.9. The van der Waals surface area contributed by atoms with Crippen LogP contribution in [0.2, 0.25) is 29.1 Å². The number of hydrogen-bond donors (Lipinski definition) is 0. The predicted octanol–water partition coefficient (Wildman–Crippen LogP) is 2.19. The Morgan fingerprint density at radius 3 is 2.00 bits per heavy atom. The van der Waals surface area contributed by atoms with Crippen LogP contribution in [-0.2, 0) is 0 Å². The molecule has 0 aromatic carbocycles. The van der Waals surface area contributed by atoms with Gasteiger partial charge in [0.2, 0.25) is 0 Å². The van der Waals surface area contributed by atoms with Crippen molar-refractivity contribution in [2.75, 3.05) is 0 Å². The molecule has 10 heavy (non-hydrogen) atoms. The van der Waals surface area contributed by atoms with E-state index in [9.17, 15) is 0 Å². The minimum Gasteiger partial charge on any atom is -0.0680 e. The van der Waals surface area contributed by atoms with Crippen LogP contribution in [0.4, 0.5) is 0 Å². The standard InChI is InChI=1S/C7H16Si3/c1-3-9-5-8-6-10(4-2)7-9/h3-7H2,1-2H3. The van der Waals surface area contributed by atoms with Crippen molar-refractivity contribution >= 4 is 27.1 Å². The van der Waals surface area contributed by atoms with Crippen molar-refractivity contribution in [3.05, 3.63) is 0 Å². The summed E-state index contributed by atoms with van der Waals surface area (Å²) in [6.45, 7) is 4.80. The molecule has 56 valence electrons. The smallest absolute Gasteiger partial charge is 0.0413 e. The first-order chi connectivity index (χ1) is 4.86. The lowest BCUT2D eigenvalue weighted by molar-refractivity contribution is 1.32. The molecule has 1 saturated heterocycles. The summed E-state index contributed by atoms with van der Waals surface area (Å²) in [6, 6.07) is 3.09. The Bertz CT molecular complexity index is 84.9. The van der Waals surface area contributed by atoms with E-state index in [0.717, 1.165) is 0 Å². The fraction of sp³-hybridized carbons (Fsp3) is 1.00. The molecule has 1 rings (SSSR count). The summed E-state index contributed by atoms with van der Waals surface area (Å²) in [7, 11) is 1.79. The third-order valence-electron chi connectivity index (χ3n) is 2.25. The van der Waals surface area contributed by atoms with E-state index in [1.54, 1.807) is 29.1 Å². The molecule has 1 heterocycles. The zero-order valence-corrected chi connectivity index (χ0v) is 10.0. The molecule has 0 bridgehead atoms. The molecule has 0 N–H and O–H groups in total. The highest BCUT2D eigenvalue weighted by Crippen LogP contribution is 2.18. The SMILES string of the molecule is CC[Si]1C[Si]C[Si](CC)C1. The van der Waals surface area contributed by atoms with E-state index in [2.05, 4.69) is 13.8 Å². The molecular weight excluding hydrogens is 168 g/mol. The van der Waals surface area contributed by atoms with E-state index in [1.165, 1.54) is 9.52 Å². The third kappa shape index (κ3) is 2.36. The molecule has 0 nitrogen and oxygen atoms in total. The fourth-order valence-electron chi connectivity index (χ4n) is 1.39. The number of hydrogen-bond acceptors (Lipinski definition) is 0. The minimum atomic E-state index is 0.210. The quantitative estimate of drug-likeness (QED) is 0.577. The van der Waals surface area contributed by atoms with Crippen LogP contribution < -0.4 is 0 Å². The van der Waals surface area contributed by atoms with Gasteiger partial charge in [-0.1, -0.05) is 42.9 Å². The monoisotopic (exact) mass is 184 g/mol. The van der Waals surface area contributed by atoms with Crippen LogP contribution in [0, 0.1) is 0 Å². The molecular formula is C7H16Si3. The lowest BCUT2D eigenvalue weighted by atomic mass is 11.0. The first-order valence-corrected chi connectivity index (χ1v) is 9.90. The molecule has 1 aliphatic heterocycles. The second kappa shape index (κ2) is 4.51. The van der Waals surface area contributed by atoms with Gasteiger partial charge >= 0.3 is 0 Å². The Balaban J connectivity index is 2.25. The molecule has 0 aliphatic carbocycles. The molecule has 0 atom stereocenters. The van der Waals surface area contributed by atoms with Crippen molar-refractivity contribution in [1.82, 2.24) is 0 Å². The molecule has 0 aromatic rings. The van der Waals surface area contributed by atoms with Crippen LogP contribution in [0.15, 0.2) is 0 Å².